The van der Waals surface area contributed by atoms with Crippen LogP contribution in [-0.2, 0) is 14.3 Å². The summed E-state index contributed by atoms with van der Waals surface area (Å²) in [4.78, 5) is 47.6. The van der Waals surface area contributed by atoms with Gasteiger partial charge in [-0.15, -0.1) is 0 Å². The van der Waals surface area contributed by atoms with E-state index in [0.717, 1.165) is 5.56 Å². The first kappa shape index (κ1) is 29.3. The number of carbonyl (C=O) groups is 3. The molecule has 1 aliphatic rings. The van der Waals surface area contributed by atoms with Crippen molar-refractivity contribution in [1.82, 2.24) is 16.1 Å². The maximum absolute atomic E-state index is 12.3. The molecule has 0 saturated carbocycles. The highest BCUT2D eigenvalue weighted by Gasteiger charge is 2.32. The molecule has 0 unspecified atom stereocenters. The summed E-state index contributed by atoms with van der Waals surface area (Å²) in [5, 5.41) is 20.5. The Hall–Kier alpha value is -5.66. The molecule has 0 radical (unpaired) electrons. The normalized spacial score (nSPS) is 14.7. The summed E-state index contributed by atoms with van der Waals surface area (Å²) in [5.41, 5.74) is 4.39. The summed E-state index contributed by atoms with van der Waals surface area (Å²) in [6.45, 7) is 2.93. The van der Waals surface area contributed by atoms with Crippen molar-refractivity contribution in [3.8, 4) is 22.8 Å². The van der Waals surface area contributed by atoms with Crippen molar-refractivity contribution in [2.45, 2.75) is 19.9 Å². The number of furan rings is 1. The van der Waals surface area contributed by atoms with Gasteiger partial charge in [-0.2, -0.15) is 5.10 Å². The number of allylic oxidation sites excluding steroid dienone is 1. The fraction of sp³-hybridized carbons (Fsp3) is 0.214. The first-order valence-electron chi connectivity index (χ1n) is 12.5. The van der Waals surface area contributed by atoms with E-state index in [-0.39, 0.29) is 34.3 Å². The Morgan fingerprint density at radius 1 is 1.12 bits per heavy atom. The lowest BCUT2D eigenvalue weighted by atomic mass is 9.95. The Kier molecular flexibility index (Phi) is 8.85. The van der Waals surface area contributed by atoms with Crippen molar-refractivity contribution >= 4 is 29.8 Å². The van der Waals surface area contributed by atoms with Crippen molar-refractivity contribution in [3.05, 3.63) is 86.8 Å². The number of aryl methyl sites for hydroxylation is 1. The lowest BCUT2D eigenvalue weighted by Gasteiger charge is -2.28. The molecule has 0 saturated heterocycles. The van der Waals surface area contributed by atoms with Crippen LogP contribution in [0.1, 0.15) is 29.9 Å². The molecule has 3 aromatic rings. The number of methoxy groups -OCH3 is 2. The first-order valence-corrected chi connectivity index (χ1v) is 12.5. The van der Waals surface area contributed by atoms with Crippen LogP contribution in [0.3, 0.4) is 0 Å². The van der Waals surface area contributed by atoms with E-state index in [1.165, 1.54) is 32.6 Å². The van der Waals surface area contributed by atoms with E-state index in [1.807, 2.05) is 0 Å². The number of ether oxygens (including phenoxy) is 3. The summed E-state index contributed by atoms with van der Waals surface area (Å²) in [6.07, 6.45) is 1.25. The minimum absolute atomic E-state index is 0.0854. The Balaban J connectivity index is 1.39. The van der Waals surface area contributed by atoms with Gasteiger partial charge in [0.05, 0.1) is 42.5 Å². The van der Waals surface area contributed by atoms with Crippen LogP contribution in [0, 0.1) is 17.0 Å². The Bertz CT molecular complexity index is 1610. The molecule has 3 N–H and O–H groups in total. The first-order chi connectivity index (χ1) is 20.1. The number of nitrogens with zero attached hydrogens (tertiary/aromatic N) is 2. The number of rotatable bonds is 10. The van der Waals surface area contributed by atoms with Crippen LogP contribution in [0.5, 0.6) is 11.5 Å². The predicted molar refractivity (Wildman–Crippen MR) is 149 cm³/mol. The minimum Gasteiger partial charge on any atom is -0.493 e. The number of esters is 1. The molecule has 218 valence electrons. The molecule has 1 atom stereocenters. The maximum atomic E-state index is 12.3. The smallest absolute Gasteiger partial charge is 0.337 e. The molecule has 0 fully saturated rings. The van der Waals surface area contributed by atoms with E-state index in [4.69, 9.17) is 18.6 Å². The number of hydrogen-bond donors (Lipinski definition) is 3. The zero-order chi connectivity index (χ0) is 30.4. The zero-order valence-electron chi connectivity index (χ0n) is 23.0. The van der Waals surface area contributed by atoms with Crippen LogP contribution in [0.4, 0.5) is 10.5 Å². The average Bonchev–Trinajstić information content (AvgIpc) is 3.43. The van der Waals surface area contributed by atoms with Crippen molar-refractivity contribution < 1.29 is 37.9 Å². The van der Waals surface area contributed by atoms with Gasteiger partial charge in [-0.25, -0.2) is 15.0 Å². The number of carbonyl (C=O) groups excluding carboxylic acids is 3. The maximum Gasteiger partial charge on any atom is 0.337 e. The van der Waals surface area contributed by atoms with Crippen LogP contribution in [-0.4, -0.2) is 49.9 Å². The van der Waals surface area contributed by atoms with Crippen LogP contribution in [0.2, 0.25) is 0 Å². The van der Waals surface area contributed by atoms with E-state index in [2.05, 4.69) is 21.2 Å². The summed E-state index contributed by atoms with van der Waals surface area (Å²) < 4.78 is 21.5. The number of nitro benzene ring substituents is 1. The van der Waals surface area contributed by atoms with Crippen molar-refractivity contribution in [2.75, 3.05) is 20.8 Å². The van der Waals surface area contributed by atoms with Gasteiger partial charge in [0.2, 0.25) is 0 Å². The number of urea groups is 1. The van der Waals surface area contributed by atoms with Gasteiger partial charge in [0.1, 0.15) is 11.5 Å². The third-order valence-electron chi connectivity index (χ3n) is 6.18. The number of nitro groups is 1. The van der Waals surface area contributed by atoms with E-state index in [0.29, 0.717) is 16.8 Å². The molecular weight excluding hydrogens is 550 g/mol. The molecule has 1 aromatic heterocycles. The van der Waals surface area contributed by atoms with Gasteiger partial charge >= 0.3 is 12.0 Å². The van der Waals surface area contributed by atoms with E-state index in [1.54, 1.807) is 50.2 Å². The number of hydrazone groups is 1. The third-order valence-corrected chi connectivity index (χ3v) is 6.18. The highest BCUT2D eigenvalue weighted by atomic mass is 16.6. The molecule has 2 aromatic carbocycles. The van der Waals surface area contributed by atoms with Gasteiger partial charge in [-0.3, -0.25) is 14.9 Å². The van der Waals surface area contributed by atoms with Gasteiger partial charge in [0.15, 0.2) is 18.1 Å². The molecule has 2 heterocycles. The molecule has 0 spiro atoms. The molecule has 0 aliphatic carbocycles. The van der Waals surface area contributed by atoms with Crippen LogP contribution >= 0.6 is 0 Å². The molecule has 14 heteroatoms. The monoisotopic (exact) mass is 577 g/mol. The number of amides is 3. The standard InChI is InChI=1S/C28H27N5O9/c1-15-5-8-19(20(11-15)33(37)38)21-10-7-18(42-21)13-29-32-24(34)14-41-22-9-6-17(12-23(22)39-3)26-25(27(35)40-4)16(2)30-28(36)31-26/h5-13,26H,14H2,1-4H3,(H,32,34)(H2,30,31,36)/b29-13-/t26-/m1/s1. The van der Waals surface area contributed by atoms with E-state index in [9.17, 15) is 24.5 Å². The molecule has 0 bridgehead atoms. The Morgan fingerprint density at radius 2 is 1.90 bits per heavy atom. The quantitative estimate of drug-likeness (QED) is 0.140. The van der Waals surface area contributed by atoms with Gasteiger partial charge in [0, 0.05) is 11.8 Å². The van der Waals surface area contributed by atoms with E-state index >= 15 is 0 Å². The minimum atomic E-state index is -0.800. The van der Waals surface area contributed by atoms with Crippen molar-refractivity contribution in [2.24, 2.45) is 5.10 Å². The Labute approximate surface area is 239 Å². The summed E-state index contributed by atoms with van der Waals surface area (Å²) >= 11 is 0. The molecule has 3 amide bonds. The molecule has 4 rings (SSSR count). The van der Waals surface area contributed by atoms with Crippen molar-refractivity contribution in [3.63, 3.8) is 0 Å². The molecule has 14 nitrogen and oxygen atoms in total. The predicted octanol–water partition coefficient (Wildman–Crippen LogP) is 3.50. The average molecular weight is 578 g/mol. The van der Waals surface area contributed by atoms with Crippen molar-refractivity contribution in [1.29, 1.82) is 0 Å². The lowest BCUT2D eigenvalue weighted by Crippen LogP contribution is -2.45. The van der Waals surface area contributed by atoms with Crippen LogP contribution < -0.4 is 25.5 Å². The Morgan fingerprint density at radius 3 is 2.62 bits per heavy atom. The number of hydrogen-bond acceptors (Lipinski definition) is 10. The van der Waals surface area contributed by atoms with Crippen LogP contribution in [0.25, 0.3) is 11.3 Å². The fourth-order valence-corrected chi connectivity index (χ4v) is 4.22. The van der Waals surface area contributed by atoms with Gasteiger partial charge in [-0.05, 0) is 55.3 Å². The lowest BCUT2D eigenvalue weighted by molar-refractivity contribution is -0.384. The summed E-state index contributed by atoms with van der Waals surface area (Å²) in [7, 11) is 2.65. The summed E-state index contributed by atoms with van der Waals surface area (Å²) in [5.74, 6) is -0.164. The molecular formula is C28H27N5O9. The highest BCUT2D eigenvalue weighted by molar-refractivity contribution is 5.95. The van der Waals surface area contributed by atoms with Gasteiger partial charge in [-0.1, -0.05) is 12.1 Å². The third kappa shape index (κ3) is 6.55. The second kappa shape index (κ2) is 12.7. The highest BCUT2D eigenvalue weighted by Crippen LogP contribution is 2.35. The molecule has 42 heavy (non-hydrogen) atoms. The SMILES string of the molecule is COC(=O)C1=C(C)NC(=O)N[C@@H]1c1ccc(OCC(=O)N/N=C\c2ccc(-c3ccc(C)cc3[N+](=O)[O-])o2)c(OC)c1. The van der Waals surface area contributed by atoms with E-state index < -0.39 is 35.5 Å². The summed E-state index contributed by atoms with van der Waals surface area (Å²) in [6, 6.07) is 11.4. The second-order valence-electron chi connectivity index (χ2n) is 9.03. The zero-order valence-corrected chi connectivity index (χ0v) is 23.0. The topological polar surface area (TPSA) is 184 Å². The number of benzene rings is 2. The van der Waals surface area contributed by atoms with Gasteiger partial charge in [0.25, 0.3) is 11.6 Å². The number of nitrogens with one attached hydrogen (secondary N) is 3. The van der Waals surface area contributed by atoms with Gasteiger partial charge < -0.3 is 29.3 Å². The largest absolute Gasteiger partial charge is 0.493 e. The van der Waals surface area contributed by atoms with Crippen LogP contribution in [0.15, 0.2) is 69.3 Å². The fourth-order valence-electron chi connectivity index (χ4n) is 4.22. The molecule has 1 aliphatic heterocycles. The second-order valence-corrected chi connectivity index (χ2v) is 9.03.